The van der Waals surface area contributed by atoms with Crippen LogP contribution < -0.4 is 4.74 Å². The monoisotopic (exact) mass is 438 g/mol. The van der Waals surface area contributed by atoms with E-state index < -0.39 is 0 Å². The molecule has 6 rings (SSSR count). The van der Waals surface area contributed by atoms with Gasteiger partial charge in [0.1, 0.15) is 5.75 Å². The van der Waals surface area contributed by atoms with Crippen molar-refractivity contribution in [2.45, 2.75) is 33.3 Å². The summed E-state index contributed by atoms with van der Waals surface area (Å²) in [4.78, 5) is 4.02. The molecule has 1 atom stereocenters. The Morgan fingerprint density at radius 1 is 0.806 bits per heavy atom. The zero-order valence-electron chi connectivity index (χ0n) is 17.5. The number of allylic oxidation sites excluding steroid dienone is 1. The van der Waals surface area contributed by atoms with E-state index in [9.17, 15) is 0 Å². The van der Waals surface area contributed by atoms with Crippen LogP contribution in [0.5, 0.6) is 5.75 Å². The Balaban J connectivity index is 1.75. The summed E-state index contributed by atoms with van der Waals surface area (Å²) in [6, 6.07) is 28.7. The number of benzene rings is 4. The summed E-state index contributed by atoms with van der Waals surface area (Å²) >= 11 is 3.86. The highest BCUT2D eigenvalue weighted by Crippen LogP contribution is 2.53. The van der Waals surface area contributed by atoms with E-state index in [1.165, 1.54) is 53.3 Å². The van der Waals surface area contributed by atoms with Crippen LogP contribution in [0.1, 0.15) is 30.0 Å². The first kappa shape index (κ1) is 19.1. The Bertz CT molecular complexity index is 1370. The molecule has 0 amide bonds. The molecule has 31 heavy (non-hydrogen) atoms. The van der Waals surface area contributed by atoms with E-state index in [2.05, 4.69) is 85.8 Å². The summed E-state index contributed by atoms with van der Waals surface area (Å²) in [6.07, 6.45) is 1.05. The third-order valence-electron chi connectivity index (χ3n) is 6.15. The molecular weight excluding hydrogens is 416 g/mol. The van der Waals surface area contributed by atoms with Gasteiger partial charge in [0, 0.05) is 25.5 Å². The van der Waals surface area contributed by atoms with Gasteiger partial charge < -0.3 is 4.74 Å². The lowest BCUT2D eigenvalue weighted by Gasteiger charge is -2.31. The van der Waals surface area contributed by atoms with Crippen LogP contribution in [-0.4, -0.2) is 12.4 Å². The number of fused-ring (bicyclic) bond motifs is 5. The van der Waals surface area contributed by atoms with Crippen molar-refractivity contribution in [1.82, 2.24) is 0 Å². The zero-order valence-corrected chi connectivity index (χ0v) is 19.1. The number of hydrogen-bond acceptors (Lipinski definition) is 3. The van der Waals surface area contributed by atoms with Crippen LogP contribution in [0.25, 0.3) is 21.9 Å². The van der Waals surface area contributed by atoms with Gasteiger partial charge >= 0.3 is 0 Å². The summed E-state index contributed by atoms with van der Waals surface area (Å²) < 4.78 is 5.63. The van der Waals surface area contributed by atoms with Crippen molar-refractivity contribution in [2.24, 2.45) is 0 Å². The van der Waals surface area contributed by atoms with Crippen molar-refractivity contribution in [3.63, 3.8) is 0 Å². The molecule has 152 valence electrons. The number of methoxy groups -OCH3 is 1. The molecule has 0 saturated carbocycles. The van der Waals surface area contributed by atoms with E-state index in [4.69, 9.17) is 4.74 Å². The Hall–Kier alpha value is -2.62. The standard InChI is InChI=1S/C28H22OS2/c1-17-15-23(28-20-8-4-3-7-18(20)11-13-26(28)30-17)27-21-9-5-6-10-24(21)31-25-14-12-19(29-2)16-22(25)27/h3-14,16-17H,15H2,1-2H3/b27-23-. The Kier molecular flexibility index (Phi) is 4.62. The zero-order chi connectivity index (χ0) is 20.9. The maximum atomic E-state index is 5.63. The fraction of sp³-hybridized carbons (Fsp3) is 0.143. The summed E-state index contributed by atoms with van der Waals surface area (Å²) in [5, 5.41) is 3.19. The first-order valence-corrected chi connectivity index (χ1v) is 12.3. The van der Waals surface area contributed by atoms with E-state index in [-0.39, 0.29) is 0 Å². The number of hydrogen-bond donors (Lipinski definition) is 0. The summed E-state index contributed by atoms with van der Waals surface area (Å²) in [5.41, 5.74) is 6.86. The highest BCUT2D eigenvalue weighted by atomic mass is 32.2. The molecule has 0 radical (unpaired) electrons. The molecule has 1 nitrogen and oxygen atoms in total. The van der Waals surface area contributed by atoms with Crippen LogP contribution in [-0.2, 0) is 0 Å². The van der Waals surface area contributed by atoms with Crippen molar-refractivity contribution in [3.05, 3.63) is 95.6 Å². The van der Waals surface area contributed by atoms with Gasteiger partial charge in [-0.15, -0.1) is 11.8 Å². The van der Waals surface area contributed by atoms with Gasteiger partial charge in [-0.3, -0.25) is 0 Å². The molecule has 2 aliphatic rings. The predicted octanol–water partition coefficient (Wildman–Crippen LogP) is 8.16. The highest BCUT2D eigenvalue weighted by Gasteiger charge is 2.30. The molecule has 0 N–H and O–H groups in total. The molecule has 0 spiro atoms. The third-order valence-corrected chi connectivity index (χ3v) is 8.46. The Labute approximate surface area is 191 Å². The van der Waals surface area contributed by atoms with Crippen LogP contribution in [0.15, 0.2) is 93.5 Å². The minimum atomic E-state index is 0.534. The topological polar surface area (TPSA) is 9.23 Å². The molecule has 0 aliphatic carbocycles. The van der Waals surface area contributed by atoms with E-state index in [1.54, 1.807) is 7.11 Å². The van der Waals surface area contributed by atoms with Crippen LogP contribution >= 0.6 is 23.5 Å². The molecule has 2 heterocycles. The Morgan fingerprint density at radius 3 is 2.48 bits per heavy atom. The van der Waals surface area contributed by atoms with Gasteiger partial charge in [-0.1, -0.05) is 67.2 Å². The predicted molar refractivity (Wildman–Crippen MR) is 133 cm³/mol. The molecule has 1 unspecified atom stereocenters. The summed E-state index contributed by atoms with van der Waals surface area (Å²) in [5.74, 6) is 0.910. The fourth-order valence-corrected chi connectivity index (χ4v) is 7.06. The lowest BCUT2D eigenvalue weighted by atomic mass is 9.84. The van der Waals surface area contributed by atoms with Crippen LogP contribution in [0.3, 0.4) is 0 Å². The van der Waals surface area contributed by atoms with Crippen molar-refractivity contribution in [2.75, 3.05) is 7.11 Å². The molecule has 0 fully saturated rings. The third kappa shape index (κ3) is 3.10. The van der Waals surface area contributed by atoms with Crippen LogP contribution in [0, 0.1) is 0 Å². The minimum Gasteiger partial charge on any atom is -0.497 e. The number of thioether (sulfide) groups is 1. The lowest BCUT2D eigenvalue weighted by molar-refractivity contribution is 0.414. The van der Waals surface area contributed by atoms with E-state index >= 15 is 0 Å². The highest BCUT2D eigenvalue weighted by molar-refractivity contribution is 8.00. The van der Waals surface area contributed by atoms with Gasteiger partial charge in [-0.05, 0) is 69.8 Å². The number of ether oxygens (including phenoxy) is 1. The lowest BCUT2D eigenvalue weighted by Crippen LogP contribution is -2.11. The second-order valence-electron chi connectivity index (χ2n) is 8.11. The largest absolute Gasteiger partial charge is 0.497 e. The Morgan fingerprint density at radius 2 is 1.58 bits per heavy atom. The van der Waals surface area contributed by atoms with E-state index in [0.29, 0.717) is 5.25 Å². The summed E-state index contributed by atoms with van der Waals surface area (Å²) in [7, 11) is 1.75. The van der Waals surface area contributed by atoms with Crippen LogP contribution in [0.2, 0.25) is 0 Å². The maximum Gasteiger partial charge on any atom is 0.119 e. The summed E-state index contributed by atoms with van der Waals surface area (Å²) in [6.45, 7) is 2.35. The quantitative estimate of drug-likeness (QED) is 0.261. The minimum absolute atomic E-state index is 0.534. The number of rotatable bonds is 1. The molecule has 0 bridgehead atoms. The first-order valence-electron chi connectivity index (χ1n) is 10.6. The normalized spacial score (nSPS) is 19.5. The van der Waals surface area contributed by atoms with Gasteiger partial charge in [0.15, 0.2) is 0 Å². The van der Waals surface area contributed by atoms with Crippen molar-refractivity contribution in [3.8, 4) is 5.75 Å². The van der Waals surface area contributed by atoms with Gasteiger partial charge in [-0.2, -0.15) is 0 Å². The van der Waals surface area contributed by atoms with E-state index in [1.807, 2.05) is 23.5 Å². The SMILES string of the molecule is COc1ccc2c(c1)/C(=C1/CC(C)Sc3ccc4ccccc4c31)c1ccccc1S2. The average Bonchev–Trinajstić information content (AvgIpc) is 2.81. The van der Waals surface area contributed by atoms with Gasteiger partial charge in [0.2, 0.25) is 0 Å². The van der Waals surface area contributed by atoms with Gasteiger partial charge in [0.25, 0.3) is 0 Å². The molecule has 0 saturated heterocycles. The molecule has 3 heteroatoms. The van der Waals surface area contributed by atoms with Crippen molar-refractivity contribution in [1.29, 1.82) is 0 Å². The average molecular weight is 439 g/mol. The smallest absolute Gasteiger partial charge is 0.119 e. The van der Waals surface area contributed by atoms with Crippen molar-refractivity contribution >= 4 is 45.4 Å². The van der Waals surface area contributed by atoms with E-state index in [0.717, 1.165) is 12.2 Å². The second kappa shape index (κ2) is 7.51. The first-order chi connectivity index (χ1) is 15.2. The van der Waals surface area contributed by atoms with Gasteiger partial charge in [-0.25, -0.2) is 0 Å². The van der Waals surface area contributed by atoms with Crippen LogP contribution in [0.4, 0.5) is 0 Å². The maximum absolute atomic E-state index is 5.63. The fourth-order valence-electron chi connectivity index (χ4n) is 4.81. The second-order valence-corrected chi connectivity index (χ2v) is 10.7. The molecular formula is C28H22OS2. The van der Waals surface area contributed by atoms with Gasteiger partial charge in [0.05, 0.1) is 7.11 Å². The molecule has 0 aromatic heterocycles. The molecule has 4 aromatic carbocycles. The molecule has 4 aromatic rings. The van der Waals surface area contributed by atoms with Crippen molar-refractivity contribution < 1.29 is 4.74 Å². The molecule has 2 aliphatic heterocycles.